The van der Waals surface area contributed by atoms with Crippen LogP contribution < -0.4 is 15.4 Å². The third kappa shape index (κ3) is 6.55. The average molecular weight is 539 g/mol. The Kier molecular flexibility index (Phi) is 8.51. The monoisotopic (exact) mass is 538 g/mol. The largest absolute Gasteiger partial charge is 0.455 e. The first-order chi connectivity index (χ1) is 19.5. The minimum Gasteiger partial charge on any atom is -0.455 e. The number of carbonyl (C=O) groups excluding carboxylic acids is 1. The molecule has 1 saturated heterocycles. The summed E-state index contributed by atoms with van der Waals surface area (Å²) in [4.78, 5) is 27.6. The second-order valence-corrected chi connectivity index (χ2v) is 9.87. The summed E-state index contributed by atoms with van der Waals surface area (Å²) in [5.74, 6) is 2.17. The number of aryl methyl sites for hydroxylation is 2. The van der Waals surface area contributed by atoms with E-state index in [1.807, 2.05) is 79.4 Å². The predicted octanol–water partition coefficient (Wildman–Crippen LogP) is 6.01. The van der Waals surface area contributed by atoms with Crippen molar-refractivity contribution in [2.45, 2.75) is 32.7 Å². The normalized spacial score (nSPS) is 15.1. The van der Waals surface area contributed by atoms with Gasteiger partial charge in [0, 0.05) is 37.0 Å². The summed E-state index contributed by atoms with van der Waals surface area (Å²) in [5.41, 5.74) is 4.65. The first-order valence-electron chi connectivity index (χ1n) is 13.4. The molecule has 3 heterocycles. The van der Waals surface area contributed by atoms with Gasteiger partial charge in [0.2, 0.25) is 0 Å². The summed E-state index contributed by atoms with van der Waals surface area (Å²) in [6.45, 7) is 5.73. The number of methoxy groups -OCH3 is 1. The number of fused-ring (bicyclic) bond motifs is 1. The zero-order valence-corrected chi connectivity index (χ0v) is 23.1. The minimum absolute atomic E-state index is 0.0511. The van der Waals surface area contributed by atoms with Gasteiger partial charge in [-0.1, -0.05) is 18.2 Å². The molecule has 2 amide bonds. The fourth-order valence-electron chi connectivity index (χ4n) is 4.81. The number of benzene rings is 2. The van der Waals surface area contributed by atoms with E-state index in [1.165, 1.54) is 0 Å². The number of amides is 2. The molecule has 206 valence electrons. The highest BCUT2D eigenvalue weighted by atomic mass is 16.5. The molecule has 2 aromatic heterocycles. The number of carbonyl (C=O) groups is 1. The molecule has 1 aliphatic heterocycles. The molecule has 1 atom stereocenters. The maximum Gasteiger partial charge on any atom is 0.317 e. The number of aromatic nitrogens is 3. The van der Waals surface area contributed by atoms with Gasteiger partial charge in [-0.25, -0.2) is 14.8 Å². The van der Waals surface area contributed by atoms with E-state index in [2.05, 4.69) is 25.6 Å². The molecule has 1 aliphatic rings. The molecule has 2 aromatic carbocycles. The maximum atomic E-state index is 12.6. The van der Waals surface area contributed by atoms with Crippen LogP contribution in [-0.4, -0.2) is 58.7 Å². The van der Waals surface area contributed by atoms with E-state index in [9.17, 15) is 4.79 Å². The average Bonchev–Trinajstić information content (AvgIpc) is 3.42. The van der Waals surface area contributed by atoms with Crippen molar-refractivity contribution < 1.29 is 14.3 Å². The lowest BCUT2D eigenvalue weighted by Crippen LogP contribution is -2.44. The van der Waals surface area contributed by atoms with E-state index in [-0.39, 0.29) is 12.1 Å². The van der Waals surface area contributed by atoms with Crippen LogP contribution in [0.2, 0.25) is 0 Å². The molecule has 9 nitrogen and oxygen atoms in total. The highest BCUT2D eigenvalue weighted by molar-refractivity contribution is 5.92. The van der Waals surface area contributed by atoms with E-state index < -0.39 is 0 Å². The van der Waals surface area contributed by atoms with Crippen LogP contribution >= 0.6 is 0 Å². The summed E-state index contributed by atoms with van der Waals surface area (Å²) >= 11 is 0. The van der Waals surface area contributed by atoms with E-state index in [0.717, 1.165) is 58.5 Å². The zero-order chi connectivity index (χ0) is 27.9. The quantitative estimate of drug-likeness (QED) is 0.269. The highest BCUT2D eigenvalue weighted by Gasteiger charge is 2.28. The molecule has 1 fully saturated rings. The lowest BCUT2D eigenvalue weighted by molar-refractivity contribution is 0.124. The Labute approximate surface area is 234 Å². The Morgan fingerprint density at radius 1 is 1.10 bits per heavy atom. The number of ether oxygens (including phenoxy) is 2. The van der Waals surface area contributed by atoms with Gasteiger partial charge in [0.25, 0.3) is 0 Å². The van der Waals surface area contributed by atoms with Crippen LogP contribution in [0.1, 0.15) is 29.7 Å². The van der Waals surface area contributed by atoms with Crippen LogP contribution in [0.15, 0.2) is 67.1 Å². The second kappa shape index (κ2) is 12.6. The number of rotatable bonds is 9. The van der Waals surface area contributed by atoms with E-state index in [4.69, 9.17) is 9.47 Å². The Morgan fingerprint density at radius 3 is 2.80 bits per heavy atom. The van der Waals surface area contributed by atoms with Crippen molar-refractivity contribution in [1.29, 1.82) is 0 Å². The lowest BCUT2D eigenvalue weighted by atomic mass is 10.1. The van der Waals surface area contributed by atoms with Gasteiger partial charge in [-0.15, -0.1) is 0 Å². The van der Waals surface area contributed by atoms with Crippen molar-refractivity contribution in [2.24, 2.45) is 0 Å². The molecule has 0 unspecified atom stereocenters. The minimum atomic E-state index is -0.0511. The van der Waals surface area contributed by atoms with E-state index in [0.29, 0.717) is 24.7 Å². The molecule has 40 heavy (non-hydrogen) atoms. The number of urea groups is 1. The van der Waals surface area contributed by atoms with Crippen LogP contribution in [0.3, 0.4) is 0 Å². The van der Waals surface area contributed by atoms with Crippen LogP contribution in [0.5, 0.6) is 11.5 Å². The third-order valence-corrected chi connectivity index (χ3v) is 6.89. The summed E-state index contributed by atoms with van der Waals surface area (Å²) in [5, 5.41) is 7.31. The molecule has 0 saturated carbocycles. The van der Waals surface area contributed by atoms with Gasteiger partial charge in [0.15, 0.2) is 0 Å². The maximum absolute atomic E-state index is 12.6. The number of anilines is 2. The van der Waals surface area contributed by atoms with Gasteiger partial charge in [-0.3, -0.25) is 4.98 Å². The first kappa shape index (κ1) is 27.1. The number of likely N-dealkylation sites (tertiary alicyclic amines) is 1. The molecule has 0 aliphatic carbocycles. The van der Waals surface area contributed by atoms with Crippen LogP contribution in [0.25, 0.3) is 17.0 Å². The summed E-state index contributed by atoms with van der Waals surface area (Å²) in [6, 6.07) is 15.9. The molecule has 9 heteroatoms. The van der Waals surface area contributed by atoms with Gasteiger partial charge >= 0.3 is 6.03 Å². The van der Waals surface area contributed by atoms with Crippen molar-refractivity contribution >= 4 is 34.5 Å². The summed E-state index contributed by atoms with van der Waals surface area (Å²) in [7, 11) is 1.67. The van der Waals surface area contributed by atoms with Crippen LogP contribution in [0.4, 0.5) is 16.3 Å². The number of hydrogen-bond donors (Lipinski definition) is 2. The Bertz CT molecular complexity index is 1510. The molecule has 0 spiro atoms. The first-order valence-corrected chi connectivity index (χ1v) is 13.4. The molecular weight excluding hydrogens is 504 g/mol. The smallest absolute Gasteiger partial charge is 0.317 e. The second-order valence-electron chi connectivity index (χ2n) is 9.87. The highest BCUT2D eigenvalue weighted by Crippen LogP contribution is 2.30. The SMILES string of the molecule is COC[C@@H]1CCCN1C(=O)NCC=Cc1ccc2ncnc(Nc3ccc(Oc4ccc(C)nc4)c(C)c3)c2c1. The topological polar surface area (TPSA) is 102 Å². The van der Waals surface area contributed by atoms with Crippen molar-refractivity contribution in [1.82, 2.24) is 25.2 Å². The van der Waals surface area contributed by atoms with Crippen LogP contribution in [0, 0.1) is 13.8 Å². The van der Waals surface area contributed by atoms with Gasteiger partial charge in [-0.05, 0) is 80.3 Å². The fourth-order valence-corrected chi connectivity index (χ4v) is 4.81. The molecule has 5 rings (SSSR count). The fraction of sp³-hybridized carbons (Fsp3) is 0.290. The van der Waals surface area contributed by atoms with Gasteiger partial charge in [0.05, 0.1) is 24.4 Å². The third-order valence-electron chi connectivity index (χ3n) is 6.89. The van der Waals surface area contributed by atoms with Crippen molar-refractivity contribution in [3.05, 3.63) is 84.0 Å². The number of nitrogens with one attached hydrogen (secondary N) is 2. The molecular formula is C31H34N6O3. The molecule has 0 bridgehead atoms. The molecule has 0 radical (unpaired) electrons. The van der Waals surface area contributed by atoms with E-state index >= 15 is 0 Å². The Morgan fingerprint density at radius 2 is 2.00 bits per heavy atom. The van der Waals surface area contributed by atoms with Gasteiger partial charge < -0.3 is 25.0 Å². The standard InChI is InChI=1S/C31H34N6O3/c1-21-16-24(10-13-29(21)40-26-11-8-22(2)33-18-26)36-30-27-17-23(9-12-28(27)34-20-35-30)6-4-14-32-31(38)37-15-5-7-25(37)19-39-3/h4,6,8-13,16-18,20,25H,5,7,14-15,19H2,1-3H3,(H,32,38)(H,34,35,36)/t25-/m0/s1. The van der Waals surface area contributed by atoms with Gasteiger partial charge in [0.1, 0.15) is 23.6 Å². The van der Waals surface area contributed by atoms with E-state index in [1.54, 1.807) is 19.6 Å². The Balaban J connectivity index is 1.24. The van der Waals surface area contributed by atoms with Crippen molar-refractivity contribution in [2.75, 3.05) is 32.1 Å². The number of pyridine rings is 1. The molecule has 4 aromatic rings. The lowest BCUT2D eigenvalue weighted by Gasteiger charge is -2.24. The zero-order valence-electron chi connectivity index (χ0n) is 23.1. The molecule has 2 N–H and O–H groups in total. The van der Waals surface area contributed by atoms with Gasteiger partial charge in [-0.2, -0.15) is 0 Å². The van der Waals surface area contributed by atoms with Crippen molar-refractivity contribution in [3.8, 4) is 11.5 Å². The van der Waals surface area contributed by atoms with Crippen LogP contribution in [-0.2, 0) is 4.74 Å². The van der Waals surface area contributed by atoms with Crippen molar-refractivity contribution in [3.63, 3.8) is 0 Å². The summed E-state index contributed by atoms with van der Waals surface area (Å²) < 4.78 is 11.3. The number of nitrogens with zero attached hydrogens (tertiary/aromatic N) is 4. The summed E-state index contributed by atoms with van der Waals surface area (Å²) in [6.07, 6.45) is 9.20. The predicted molar refractivity (Wildman–Crippen MR) is 157 cm³/mol. The number of hydrogen-bond acceptors (Lipinski definition) is 7. The Hall–Kier alpha value is -4.50.